The molecule has 0 fully saturated rings. The van der Waals surface area contributed by atoms with Crippen molar-refractivity contribution in [2.24, 2.45) is 0 Å². The van der Waals surface area contributed by atoms with E-state index in [9.17, 15) is 8.42 Å². The fraction of sp³-hybridized carbons (Fsp3) is 0.176. The Kier molecular flexibility index (Phi) is 4.43. The van der Waals surface area contributed by atoms with Crippen LogP contribution in [-0.2, 0) is 16.4 Å². The van der Waals surface area contributed by atoms with Gasteiger partial charge in [-0.2, -0.15) is 0 Å². The van der Waals surface area contributed by atoms with Gasteiger partial charge < -0.3 is 4.42 Å². The van der Waals surface area contributed by atoms with E-state index in [2.05, 4.69) is 4.72 Å². The Hall–Kier alpha value is -1.82. The average molecular weight is 350 g/mol. The molecule has 0 amide bonds. The number of nitrogens with one attached hydrogen (secondary N) is 1. The number of sulfonamides is 1. The third-order valence-electron chi connectivity index (χ3n) is 3.47. The molecule has 1 heterocycles. The number of halogens is 1. The summed E-state index contributed by atoms with van der Waals surface area (Å²) in [6, 6.07) is 15.7. The molecule has 0 unspecified atom stereocenters. The van der Waals surface area contributed by atoms with Gasteiger partial charge in [0.25, 0.3) is 0 Å². The van der Waals surface area contributed by atoms with E-state index in [1.54, 1.807) is 25.1 Å². The van der Waals surface area contributed by atoms with Crippen LogP contribution in [0.4, 0.5) is 0 Å². The van der Waals surface area contributed by atoms with E-state index in [0.29, 0.717) is 6.42 Å². The van der Waals surface area contributed by atoms with E-state index >= 15 is 0 Å². The first-order valence-electron chi connectivity index (χ1n) is 7.20. The van der Waals surface area contributed by atoms with Gasteiger partial charge in [-0.05, 0) is 31.2 Å². The summed E-state index contributed by atoms with van der Waals surface area (Å²) in [6.07, 6.45) is 0.457. The molecule has 1 aromatic heterocycles. The predicted molar refractivity (Wildman–Crippen MR) is 91.2 cm³/mol. The Balaban J connectivity index is 1.76. The Morgan fingerprint density at radius 1 is 1.13 bits per heavy atom. The monoisotopic (exact) mass is 349 g/mol. The summed E-state index contributed by atoms with van der Waals surface area (Å²) in [6.45, 7) is 1.79. The normalized spacial score (nSPS) is 13.3. The van der Waals surface area contributed by atoms with Gasteiger partial charge in [-0.3, -0.25) is 0 Å². The Labute approximate surface area is 140 Å². The SMILES string of the molecule is C[C@H](Cc1cc2ccccc2o1)NS(=O)(=O)c1ccccc1Cl. The molecular weight excluding hydrogens is 334 g/mol. The first-order valence-corrected chi connectivity index (χ1v) is 9.06. The molecule has 1 N–H and O–H groups in total. The Morgan fingerprint density at radius 3 is 2.57 bits per heavy atom. The predicted octanol–water partition coefficient (Wildman–Crippen LogP) is 4.00. The first kappa shape index (κ1) is 16.1. The van der Waals surface area contributed by atoms with Crippen LogP contribution in [0.5, 0.6) is 0 Å². The topological polar surface area (TPSA) is 59.3 Å². The van der Waals surface area contributed by atoms with Gasteiger partial charge in [-0.25, -0.2) is 13.1 Å². The van der Waals surface area contributed by atoms with E-state index in [1.807, 2.05) is 30.3 Å². The number of furan rings is 1. The average Bonchev–Trinajstić information content (AvgIpc) is 2.88. The quantitative estimate of drug-likeness (QED) is 0.757. The van der Waals surface area contributed by atoms with Gasteiger partial charge in [0, 0.05) is 17.8 Å². The van der Waals surface area contributed by atoms with Crippen LogP contribution in [0.3, 0.4) is 0 Å². The highest BCUT2D eigenvalue weighted by atomic mass is 35.5. The van der Waals surface area contributed by atoms with Gasteiger partial charge in [0.15, 0.2) is 0 Å². The third kappa shape index (κ3) is 3.58. The van der Waals surface area contributed by atoms with Gasteiger partial charge in [0.2, 0.25) is 10.0 Å². The molecule has 4 nitrogen and oxygen atoms in total. The van der Waals surface area contributed by atoms with Crippen LogP contribution in [0.2, 0.25) is 5.02 Å². The number of hydrogen-bond acceptors (Lipinski definition) is 3. The van der Waals surface area contributed by atoms with Crippen LogP contribution in [0.1, 0.15) is 12.7 Å². The molecule has 6 heteroatoms. The molecule has 120 valence electrons. The van der Waals surface area contributed by atoms with Crippen LogP contribution in [0.25, 0.3) is 11.0 Å². The molecule has 0 aliphatic rings. The zero-order valence-corrected chi connectivity index (χ0v) is 14.1. The molecule has 0 aliphatic heterocycles. The van der Waals surface area contributed by atoms with Crippen molar-refractivity contribution in [3.8, 4) is 0 Å². The van der Waals surface area contributed by atoms with E-state index in [1.165, 1.54) is 6.07 Å². The maximum Gasteiger partial charge on any atom is 0.242 e. The minimum Gasteiger partial charge on any atom is -0.461 e. The van der Waals surface area contributed by atoms with E-state index in [0.717, 1.165) is 16.7 Å². The maximum atomic E-state index is 12.4. The first-order chi connectivity index (χ1) is 11.0. The molecule has 23 heavy (non-hydrogen) atoms. The zero-order chi connectivity index (χ0) is 16.4. The van der Waals surface area contributed by atoms with Crippen molar-refractivity contribution in [3.63, 3.8) is 0 Å². The second-order valence-corrected chi connectivity index (χ2v) is 7.50. The smallest absolute Gasteiger partial charge is 0.242 e. The fourth-order valence-corrected chi connectivity index (χ4v) is 4.23. The third-order valence-corrected chi connectivity index (χ3v) is 5.56. The highest BCUT2D eigenvalue weighted by molar-refractivity contribution is 7.89. The van der Waals surface area contributed by atoms with Crippen LogP contribution in [0, 0.1) is 0 Å². The molecule has 3 aromatic rings. The molecule has 0 saturated heterocycles. The van der Waals surface area contributed by atoms with Crippen molar-refractivity contribution in [3.05, 3.63) is 65.4 Å². The van der Waals surface area contributed by atoms with Crippen molar-refractivity contribution in [2.75, 3.05) is 0 Å². The standard InChI is InChI=1S/C17H16ClNO3S/c1-12(10-14-11-13-6-2-4-8-16(13)22-14)19-23(20,21)17-9-5-3-7-15(17)18/h2-9,11-12,19H,10H2,1H3/t12-/m1/s1. The van der Waals surface area contributed by atoms with Crippen LogP contribution < -0.4 is 4.72 Å². The highest BCUT2D eigenvalue weighted by Gasteiger charge is 2.20. The number of fused-ring (bicyclic) bond motifs is 1. The van der Waals surface area contributed by atoms with Gasteiger partial charge >= 0.3 is 0 Å². The molecule has 0 aliphatic carbocycles. The lowest BCUT2D eigenvalue weighted by molar-refractivity contribution is 0.504. The Morgan fingerprint density at radius 2 is 1.83 bits per heavy atom. The minimum atomic E-state index is -3.66. The van der Waals surface area contributed by atoms with Crippen LogP contribution >= 0.6 is 11.6 Å². The molecule has 2 aromatic carbocycles. The summed E-state index contributed by atoms with van der Waals surface area (Å²) in [4.78, 5) is 0.0816. The van der Waals surface area contributed by atoms with Crippen molar-refractivity contribution in [2.45, 2.75) is 24.3 Å². The Bertz CT molecular complexity index is 901. The van der Waals surface area contributed by atoms with E-state index in [-0.39, 0.29) is 16.0 Å². The molecule has 0 saturated carbocycles. The summed E-state index contributed by atoms with van der Waals surface area (Å²) in [5.41, 5.74) is 0.795. The van der Waals surface area contributed by atoms with Crippen molar-refractivity contribution in [1.82, 2.24) is 4.72 Å². The molecule has 1 atom stereocenters. The second-order valence-electron chi connectivity index (χ2n) is 5.41. The van der Waals surface area contributed by atoms with Crippen LogP contribution in [-0.4, -0.2) is 14.5 Å². The molecular formula is C17H16ClNO3S. The summed E-state index contributed by atoms with van der Waals surface area (Å²) in [7, 11) is -3.66. The number of hydrogen-bond donors (Lipinski definition) is 1. The summed E-state index contributed by atoms with van der Waals surface area (Å²) < 4.78 is 33.2. The van der Waals surface area contributed by atoms with E-state index < -0.39 is 10.0 Å². The fourth-order valence-electron chi connectivity index (χ4n) is 2.47. The maximum absolute atomic E-state index is 12.4. The van der Waals surface area contributed by atoms with Gasteiger partial charge in [-0.1, -0.05) is 41.9 Å². The van der Waals surface area contributed by atoms with Crippen LogP contribution in [0.15, 0.2) is 63.9 Å². The highest BCUT2D eigenvalue weighted by Crippen LogP contribution is 2.22. The summed E-state index contributed by atoms with van der Waals surface area (Å²) in [5.74, 6) is 0.737. The molecule has 0 bridgehead atoms. The number of benzene rings is 2. The summed E-state index contributed by atoms with van der Waals surface area (Å²) in [5, 5.41) is 1.21. The largest absolute Gasteiger partial charge is 0.461 e. The summed E-state index contributed by atoms with van der Waals surface area (Å²) >= 11 is 5.97. The van der Waals surface area contributed by atoms with Crippen molar-refractivity contribution in [1.29, 1.82) is 0 Å². The van der Waals surface area contributed by atoms with Crippen molar-refractivity contribution >= 4 is 32.6 Å². The van der Waals surface area contributed by atoms with Crippen molar-refractivity contribution < 1.29 is 12.8 Å². The number of rotatable bonds is 5. The van der Waals surface area contributed by atoms with Gasteiger partial charge in [0.1, 0.15) is 16.2 Å². The van der Waals surface area contributed by atoms with Gasteiger partial charge in [0.05, 0.1) is 5.02 Å². The zero-order valence-electron chi connectivity index (χ0n) is 12.5. The minimum absolute atomic E-state index is 0.0816. The molecule has 0 spiro atoms. The van der Waals surface area contributed by atoms with Gasteiger partial charge in [-0.15, -0.1) is 0 Å². The lowest BCUT2D eigenvalue weighted by atomic mass is 10.2. The molecule has 0 radical (unpaired) electrons. The molecule has 3 rings (SSSR count). The van der Waals surface area contributed by atoms with E-state index in [4.69, 9.17) is 16.0 Å². The lowest BCUT2D eigenvalue weighted by Gasteiger charge is -2.13. The number of para-hydroxylation sites is 1. The lowest BCUT2D eigenvalue weighted by Crippen LogP contribution is -2.34. The second kappa shape index (κ2) is 6.35.